The van der Waals surface area contributed by atoms with Gasteiger partial charge in [0.2, 0.25) is 0 Å². The van der Waals surface area contributed by atoms with Crippen molar-refractivity contribution in [1.29, 1.82) is 0 Å². The quantitative estimate of drug-likeness (QED) is 0.411. The third-order valence-electron chi connectivity index (χ3n) is 6.46. The summed E-state index contributed by atoms with van der Waals surface area (Å²) in [6.45, 7) is 10.4. The molecule has 1 N–H and O–H groups in total. The van der Waals surface area contributed by atoms with Gasteiger partial charge < -0.3 is 9.72 Å². The fraction of sp³-hybridized carbons (Fsp3) is 0.462. The van der Waals surface area contributed by atoms with Gasteiger partial charge in [-0.3, -0.25) is 9.69 Å². The number of benzene rings is 1. The van der Waals surface area contributed by atoms with Crippen LogP contribution in [0.15, 0.2) is 46.6 Å². The van der Waals surface area contributed by atoms with Crippen LogP contribution in [0.5, 0.6) is 0 Å². The Bertz CT molecular complexity index is 1350. The highest BCUT2D eigenvalue weighted by Gasteiger charge is 2.35. The molecule has 1 aliphatic heterocycles. The van der Waals surface area contributed by atoms with Gasteiger partial charge in [-0.1, -0.05) is 18.2 Å². The lowest BCUT2D eigenvalue weighted by atomic mass is 10.0. The highest BCUT2D eigenvalue weighted by Crippen LogP contribution is 2.32. The molecule has 9 heteroatoms. The van der Waals surface area contributed by atoms with E-state index in [0.717, 1.165) is 35.9 Å². The Hall–Kier alpha value is -2.88. The monoisotopic (exact) mass is 492 g/mol. The number of thiophene rings is 1. The molecule has 184 valence electrons. The summed E-state index contributed by atoms with van der Waals surface area (Å²) >= 11 is 1.71. The molecular weight excluding hydrogens is 460 g/mol. The zero-order valence-corrected chi connectivity index (χ0v) is 21.5. The molecule has 0 spiro atoms. The van der Waals surface area contributed by atoms with Crippen molar-refractivity contribution in [2.24, 2.45) is 0 Å². The standard InChI is InChI=1S/C26H32N6O2S/c1-17-9-10-18-14-21(25(33)27-22(18)13-17)23(24-28-29-30-32(24)26(2,3)4)31(15-19-7-5-11-34-19)16-20-8-6-12-35-20/h6,8-10,12-14,19,23H,5,7,11,15-16H2,1-4H3,(H,27,33)/t19-,23+/m1/s1. The van der Waals surface area contributed by atoms with Crippen LogP contribution in [0, 0.1) is 6.92 Å². The molecule has 1 saturated heterocycles. The van der Waals surface area contributed by atoms with Crippen molar-refractivity contribution < 1.29 is 4.74 Å². The van der Waals surface area contributed by atoms with Crippen molar-refractivity contribution in [2.75, 3.05) is 13.2 Å². The number of nitrogens with zero attached hydrogens (tertiary/aromatic N) is 5. The maximum absolute atomic E-state index is 13.6. The topological polar surface area (TPSA) is 88.9 Å². The lowest BCUT2D eigenvalue weighted by molar-refractivity contribution is 0.0569. The first-order valence-electron chi connectivity index (χ1n) is 12.1. The molecule has 0 amide bonds. The number of pyridine rings is 1. The van der Waals surface area contributed by atoms with Crippen LogP contribution in [0.2, 0.25) is 0 Å². The SMILES string of the molecule is Cc1ccc2cc([C@@H](c3nnnn3C(C)(C)C)N(Cc3cccs3)C[C@H]3CCCO3)c(=O)[nH]c2c1. The van der Waals surface area contributed by atoms with Gasteiger partial charge in [-0.05, 0) is 85.5 Å². The van der Waals surface area contributed by atoms with Crippen LogP contribution >= 0.6 is 11.3 Å². The molecule has 8 nitrogen and oxygen atoms in total. The van der Waals surface area contributed by atoms with Gasteiger partial charge in [-0.15, -0.1) is 16.4 Å². The van der Waals surface area contributed by atoms with E-state index < -0.39 is 6.04 Å². The number of hydrogen-bond donors (Lipinski definition) is 1. The van der Waals surface area contributed by atoms with E-state index in [4.69, 9.17) is 4.74 Å². The number of nitrogens with one attached hydrogen (secondary N) is 1. The number of aromatic amines is 1. The first-order chi connectivity index (χ1) is 16.8. The van der Waals surface area contributed by atoms with E-state index in [1.54, 1.807) is 11.3 Å². The third-order valence-corrected chi connectivity index (χ3v) is 7.33. The molecule has 2 atom stereocenters. The Morgan fingerprint density at radius 1 is 1.29 bits per heavy atom. The summed E-state index contributed by atoms with van der Waals surface area (Å²) in [5.41, 5.74) is 2.09. The van der Waals surface area contributed by atoms with Gasteiger partial charge in [0.15, 0.2) is 5.82 Å². The van der Waals surface area contributed by atoms with Gasteiger partial charge >= 0.3 is 0 Å². The maximum Gasteiger partial charge on any atom is 0.253 e. The predicted octanol–water partition coefficient (Wildman–Crippen LogP) is 4.41. The van der Waals surface area contributed by atoms with Crippen LogP contribution in [0.4, 0.5) is 0 Å². The van der Waals surface area contributed by atoms with Crippen molar-refractivity contribution in [2.45, 2.75) is 64.8 Å². The number of aromatic nitrogens is 5. The molecule has 0 saturated carbocycles. The van der Waals surface area contributed by atoms with Gasteiger partial charge in [0.25, 0.3) is 5.56 Å². The van der Waals surface area contributed by atoms with Gasteiger partial charge in [0.1, 0.15) is 6.04 Å². The largest absolute Gasteiger partial charge is 0.377 e. The normalized spacial score (nSPS) is 17.5. The van der Waals surface area contributed by atoms with Crippen LogP contribution in [-0.2, 0) is 16.8 Å². The molecule has 35 heavy (non-hydrogen) atoms. The minimum atomic E-state index is -0.440. The lowest BCUT2D eigenvalue weighted by Crippen LogP contribution is -2.40. The van der Waals surface area contributed by atoms with Crippen LogP contribution in [0.3, 0.4) is 0 Å². The summed E-state index contributed by atoms with van der Waals surface area (Å²) in [7, 11) is 0. The number of rotatable bonds is 7. The van der Waals surface area contributed by atoms with Crippen LogP contribution in [0.25, 0.3) is 10.9 Å². The van der Waals surface area contributed by atoms with Crippen molar-refractivity contribution in [1.82, 2.24) is 30.1 Å². The van der Waals surface area contributed by atoms with E-state index >= 15 is 0 Å². The third kappa shape index (κ3) is 5.07. The fourth-order valence-electron chi connectivity index (χ4n) is 4.79. The molecule has 4 aromatic rings. The zero-order valence-electron chi connectivity index (χ0n) is 20.7. The molecule has 0 unspecified atom stereocenters. The molecule has 3 aromatic heterocycles. The number of hydrogen-bond acceptors (Lipinski definition) is 7. The number of fused-ring (bicyclic) bond motifs is 1. The average Bonchev–Trinajstić information content (AvgIpc) is 3.57. The van der Waals surface area contributed by atoms with Gasteiger partial charge in [0.05, 0.1) is 11.6 Å². The minimum Gasteiger partial charge on any atom is -0.377 e. The number of H-pyrrole nitrogens is 1. The van der Waals surface area contributed by atoms with E-state index in [0.29, 0.717) is 24.5 Å². The zero-order chi connectivity index (χ0) is 24.6. The highest BCUT2D eigenvalue weighted by molar-refractivity contribution is 7.09. The first-order valence-corrected chi connectivity index (χ1v) is 13.0. The lowest BCUT2D eigenvalue weighted by Gasteiger charge is -2.34. The summed E-state index contributed by atoms with van der Waals surface area (Å²) in [5.74, 6) is 0.656. The van der Waals surface area contributed by atoms with E-state index in [9.17, 15) is 4.79 Å². The minimum absolute atomic E-state index is 0.110. The van der Waals surface area contributed by atoms with Gasteiger partial charge in [-0.25, -0.2) is 4.68 Å². The second-order valence-electron chi connectivity index (χ2n) is 10.3. The molecule has 1 aliphatic rings. The van der Waals surface area contributed by atoms with Crippen molar-refractivity contribution in [3.8, 4) is 0 Å². The van der Waals surface area contributed by atoms with E-state index in [2.05, 4.69) is 75.8 Å². The van der Waals surface area contributed by atoms with E-state index in [1.165, 1.54) is 4.88 Å². The average molecular weight is 493 g/mol. The molecule has 1 aromatic carbocycles. The summed E-state index contributed by atoms with van der Waals surface area (Å²) in [6, 6.07) is 11.9. The van der Waals surface area contributed by atoms with Crippen LogP contribution in [0.1, 0.15) is 61.5 Å². The van der Waals surface area contributed by atoms with Gasteiger partial charge in [0, 0.05) is 35.7 Å². The first kappa shape index (κ1) is 23.8. The summed E-state index contributed by atoms with van der Waals surface area (Å²) in [4.78, 5) is 20.2. The van der Waals surface area contributed by atoms with Crippen molar-refractivity contribution >= 4 is 22.2 Å². The Kier molecular flexibility index (Phi) is 6.57. The molecular formula is C26H32N6O2S. The Morgan fingerprint density at radius 2 is 2.14 bits per heavy atom. The molecule has 4 heterocycles. The Labute approximate surface area is 208 Å². The second kappa shape index (κ2) is 9.64. The van der Waals surface area contributed by atoms with Crippen molar-refractivity contribution in [3.63, 3.8) is 0 Å². The number of tetrazole rings is 1. The van der Waals surface area contributed by atoms with E-state index in [-0.39, 0.29) is 17.2 Å². The number of aryl methyl sites for hydroxylation is 1. The van der Waals surface area contributed by atoms with Crippen LogP contribution in [-0.4, -0.2) is 49.3 Å². The van der Waals surface area contributed by atoms with Crippen molar-refractivity contribution in [3.05, 3.63) is 74.0 Å². The second-order valence-corrected chi connectivity index (χ2v) is 11.3. The Balaban J connectivity index is 1.69. The smallest absolute Gasteiger partial charge is 0.253 e. The van der Waals surface area contributed by atoms with Gasteiger partial charge in [-0.2, -0.15) is 0 Å². The predicted molar refractivity (Wildman–Crippen MR) is 138 cm³/mol. The molecule has 1 fully saturated rings. The Morgan fingerprint density at radius 3 is 2.86 bits per heavy atom. The molecule has 0 aliphatic carbocycles. The number of ether oxygens (including phenoxy) is 1. The molecule has 5 rings (SSSR count). The molecule has 0 radical (unpaired) electrons. The summed E-state index contributed by atoms with van der Waals surface area (Å²) in [6.07, 6.45) is 2.17. The summed E-state index contributed by atoms with van der Waals surface area (Å²) in [5, 5.41) is 15.9. The fourth-order valence-corrected chi connectivity index (χ4v) is 5.52. The van der Waals surface area contributed by atoms with E-state index in [1.807, 2.05) is 23.7 Å². The highest BCUT2D eigenvalue weighted by atomic mass is 32.1. The maximum atomic E-state index is 13.6. The summed E-state index contributed by atoms with van der Waals surface area (Å²) < 4.78 is 7.88. The molecule has 0 bridgehead atoms. The van der Waals surface area contributed by atoms with Crippen LogP contribution < -0.4 is 5.56 Å².